The highest BCUT2D eigenvalue weighted by Gasteiger charge is 2.37. The number of carbonyl (C=O) groups is 1. The molecule has 1 amide bonds. The van der Waals surface area contributed by atoms with Gasteiger partial charge >= 0.3 is 0 Å². The zero-order valence-corrected chi connectivity index (χ0v) is 19.6. The Morgan fingerprint density at radius 2 is 1.68 bits per heavy atom. The normalized spacial score (nSPS) is 15.4. The Labute approximate surface area is 202 Å². The van der Waals surface area contributed by atoms with Gasteiger partial charge in [0.05, 0.1) is 17.1 Å². The lowest BCUT2D eigenvalue weighted by atomic mass is 10.1. The minimum atomic E-state index is -3.94. The molecular formula is C26H21ClN2O4S. The Kier molecular flexibility index (Phi) is 5.89. The Morgan fingerprint density at radius 1 is 0.941 bits per heavy atom. The molecule has 0 fully saturated rings. The highest BCUT2D eigenvalue weighted by molar-refractivity contribution is 7.92. The molecule has 0 saturated carbocycles. The molecule has 34 heavy (non-hydrogen) atoms. The predicted octanol–water partition coefficient (Wildman–Crippen LogP) is 4.77. The number of benzene rings is 4. The molecule has 1 aliphatic rings. The van der Waals surface area contributed by atoms with Crippen LogP contribution in [-0.4, -0.2) is 27.0 Å². The van der Waals surface area contributed by atoms with E-state index in [-0.39, 0.29) is 17.2 Å². The minimum absolute atomic E-state index is 0.123. The molecule has 0 unspecified atom stereocenters. The second-order valence-corrected chi connectivity index (χ2v) is 10.3. The van der Waals surface area contributed by atoms with Gasteiger partial charge in [-0.1, -0.05) is 66.2 Å². The van der Waals surface area contributed by atoms with Crippen molar-refractivity contribution in [1.82, 2.24) is 5.32 Å². The number of ether oxygens (including phenoxy) is 1. The standard InChI is InChI=1S/C26H21ClN2O4S/c27-21-12-13-24-23(15-21)29(34(31,32)22-8-2-1-3-9-22)17-25(33-24)26(30)28-16-18-10-11-19-6-4-5-7-20(19)14-18/h1-15,25H,16-17H2,(H,28,30)/t25-/m1/s1. The highest BCUT2D eigenvalue weighted by Crippen LogP contribution is 2.38. The summed E-state index contributed by atoms with van der Waals surface area (Å²) in [5.74, 6) is -0.122. The van der Waals surface area contributed by atoms with Crippen LogP contribution in [0.25, 0.3) is 10.8 Å². The highest BCUT2D eigenvalue weighted by atomic mass is 35.5. The van der Waals surface area contributed by atoms with Gasteiger partial charge < -0.3 is 10.1 Å². The smallest absolute Gasteiger partial charge is 0.264 e. The van der Waals surface area contributed by atoms with E-state index in [9.17, 15) is 13.2 Å². The lowest BCUT2D eigenvalue weighted by molar-refractivity contribution is -0.127. The summed E-state index contributed by atoms with van der Waals surface area (Å²) < 4.78 is 33.9. The lowest BCUT2D eigenvalue weighted by Crippen LogP contribution is -2.50. The van der Waals surface area contributed by atoms with Gasteiger partial charge in [0.1, 0.15) is 5.75 Å². The van der Waals surface area contributed by atoms with Crippen LogP contribution in [0.5, 0.6) is 5.75 Å². The molecular weight excluding hydrogens is 472 g/mol. The molecule has 0 aromatic heterocycles. The van der Waals surface area contributed by atoms with Crippen molar-refractivity contribution >= 4 is 44.0 Å². The summed E-state index contributed by atoms with van der Waals surface area (Å²) in [4.78, 5) is 13.2. The second kappa shape index (κ2) is 9.00. The van der Waals surface area contributed by atoms with Gasteiger partial charge in [-0.3, -0.25) is 9.10 Å². The van der Waals surface area contributed by atoms with Gasteiger partial charge in [-0.2, -0.15) is 0 Å². The van der Waals surface area contributed by atoms with E-state index in [0.717, 1.165) is 16.3 Å². The SMILES string of the molecule is O=C(NCc1ccc2ccccc2c1)[C@H]1CN(S(=O)(=O)c2ccccc2)c2cc(Cl)ccc2O1. The van der Waals surface area contributed by atoms with E-state index in [1.165, 1.54) is 22.5 Å². The predicted molar refractivity (Wildman–Crippen MR) is 133 cm³/mol. The molecule has 5 rings (SSSR count). The fourth-order valence-corrected chi connectivity index (χ4v) is 5.62. The van der Waals surface area contributed by atoms with E-state index < -0.39 is 22.0 Å². The third kappa shape index (κ3) is 4.32. The molecule has 8 heteroatoms. The number of hydrogen-bond donors (Lipinski definition) is 1. The van der Waals surface area contributed by atoms with Gasteiger partial charge in [-0.25, -0.2) is 8.42 Å². The number of nitrogens with zero attached hydrogens (tertiary/aromatic N) is 1. The number of rotatable bonds is 5. The van der Waals surface area contributed by atoms with Crippen LogP contribution in [0, 0.1) is 0 Å². The maximum absolute atomic E-state index is 13.4. The molecule has 172 valence electrons. The molecule has 1 N–H and O–H groups in total. The molecule has 4 aromatic rings. The van der Waals surface area contributed by atoms with Gasteiger partial charge in [0.15, 0.2) is 6.10 Å². The third-order valence-corrected chi connectivity index (χ3v) is 7.72. The maximum atomic E-state index is 13.4. The van der Waals surface area contributed by atoms with Gasteiger partial charge in [-0.15, -0.1) is 0 Å². The molecule has 1 heterocycles. The summed E-state index contributed by atoms with van der Waals surface area (Å²) in [5.41, 5.74) is 1.23. The number of halogens is 1. The van der Waals surface area contributed by atoms with E-state index in [1.54, 1.807) is 30.3 Å². The number of hydrogen-bond acceptors (Lipinski definition) is 4. The second-order valence-electron chi connectivity index (χ2n) is 7.97. The molecule has 0 aliphatic carbocycles. The summed E-state index contributed by atoms with van der Waals surface area (Å²) in [5, 5.41) is 5.44. The van der Waals surface area contributed by atoms with Crippen LogP contribution < -0.4 is 14.4 Å². The minimum Gasteiger partial charge on any atom is -0.476 e. The van der Waals surface area contributed by atoms with Crippen LogP contribution >= 0.6 is 11.6 Å². The molecule has 0 bridgehead atoms. The lowest BCUT2D eigenvalue weighted by Gasteiger charge is -2.34. The van der Waals surface area contributed by atoms with Crippen molar-refractivity contribution in [3.63, 3.8) is 0 Å². The number of carbonyl (C=O) groups excluding carboxylic acids is 1. The van der Waals surface area contributed by atoms with Crippen molar-refractivity contribution in [2.45, 2.75) is 17.5 Å². The molecule has 0 spiro atoms. The van der Waals surface area contributed by atoms with E-state index >= 15 is 0 Å². The number of amides is 1. The fraction of sp³-hybridized carbons (Fsp3) is 0.115. The maximum Gasteiger partial charge on any atom is 0.264 e. The molecule has 0 saturated heterocycles. The van der Waals surface area contributed by atoms with Gasteiger partial charge in [0.2, 0.25) is 0 Å². The summed E-state index contributed by atoms with van der Waals surface area (Å²) in [6.45, 7) is 0.122. The Hall–Kier alpha value is -3.55. The first-order chi connectivity index (χ1) is 16.4. The van der Waals surface area contributed by atoms with Crippen LogP contribution in [0.15, 0.2) is 95.9 Å². The molecule has 6 nitrogen and oxygen atoms in total. The average molecular weight is 493 g/mol. The molecule has 1 atom stereocenters. The molecule has 1 aliphatic heterocycles. The number of sulfonamides is 1. The fourth-order valence-electron chi connectivity index (χ4n) is 3.96. The Balaban J connectivity index is 1.40. The first kappa shape index (κ1) is 22.3. The van der Waals surface area contributed by atoms with Crippen LogP contribution in [0.4, 0.5) is 5.69 Å². The van der Waals surface area contributed by atoms with Crippen LogP contribution in [0.3, 0.4) is 0 Å². The summed E-state index contributed by atoms with van der Waals surface area (Å²) >= 11 is 6.14. The van der Waals surface area contributed by atoms with Crippen molar-refractivity contribution in [3.05, 3.63) is 102 Å². The van der Waals surface area contributed by atoms with E-state index in [1.807, 2.05) is 42.5 Å². The Bertz CT molecular complexity index is 1470. The topological polar surface area (TPSA) is 75.7 Å². The number of nitrogens with one attached hydrogen (secondary N) is 1. The van der Waals surface area contributed by atoms with E-state index in [0.29, 0.717) is 17.3 Å². The zero-order valence-electron chi connectivity index (χ0n) is 18.0. The van der Waals surface area contributed by atoms with Gasteiger partial charge in [0, 0.05) is 11.6 Å². The summed E-state index contributed by atoms with van der Waals surface area (Å²) in [6, 6.07) is 26.7. The molecule has 4 aromatic carbocycles. The zero-order chi connectivity index (χ0) is 23.7. The first-order valence-corrected chi connectivity index (χ1v) is 12.5. The van der Waals surface area contributed by atoms with Crippen molar-refractivity contribution in [3.8, 4) is 5.75 Å². The monoisotopic (exact) mass is 492 g/mol. The number of anilines is 1. The van der Waals surface area contributed by atoms with E-state index in [2.05, 4.69) is 5.32 Å². The van der Waals surface area contributed by atoms with Crippen molar-refractivity contribution in [1.29, 1.82) is 0 Å². The largest absolute Gasteiger partial charge is 0.476 e. The number of fused-ring (bicyclic) bond motifs is 2. The Morgan fingerprint density at radius 3 is 2.47 bits per heavy atom. The summed E-state index contributed by atoms with van der Waals surface area (Å²) in [6.07, 6.45) is -1.02. The van der Waals surface area contributed by atoms with Crippen molar-refractivity contribution < 1.29 is 17.9 Å². The van der Waals surface area contributed by atoms with Crippen molar-refractivity contribution in [2.24, 2.45) is 0 Å². The van der Waals surface area contributed by atoms with E-state index in [4.69, 9.17) is 16.3 Å². The quantitative estimate of drug-likeness (QED) is 0.435. The molecule has 0 radical (unpaired) electrons. The first-order valence-electron chi connectivity index (χ1n) is 10.7. The third-order valence-electron chi connectivity index (χ3n) is 5.69. The van der Waals surface area contributed by atoms with Crippen LogP contribution in [-0.2, 0) is 21.4 Å². The van der Waals surface area contributed by atoms with Gasteiger partial charge in [0.25, 0.3) is 15.9 Å². The van der Waals surface area contributed by atoms with Crippen LogP contribution in [0.1, 0.15) is 5.56 Å². The average Bonchev–Trinajstić information content (AvgIpc) is 2.87. The summed E-state index contributed by atoms with van der Waals surface area (Å²) in [7, 11) is -3.94. The van der Waals surface area contributed by atoms with Crippen molar-refractivity contribution in [2.75, 3.05) is 10.8 Å². The van der Waals surface area contributed by atoms with Crippen LogP contribution in [0.2, 0.25) is 5.02 Å². The van der Waals surface area contributed by atoms with Gasteiger partial charge in [-0.05, 0) is 52.7 Å².